The molecule has 34 heavy (non-hydrogen) atoms. The summed E-state index contributed by atoms with van der Waals surface area (Å²) in [5, 5.41) is 0. The van der Waals surface area contributed by atoms with E-state index < -0.39 is 23.0 Å². The summed E-state index contributed by atoms with van der Waals surface area (Å²) in [5.41, 5.74) is -0.806. The number of halogens is 2. The van der Waals surface area contributed by atoms with Crippen molar-refractivity contribution in [2.75, 3.05) is 13.2 Å². The Morgan fingerprint density at radius 2 is 1.62 bits per heavy atom. The molecule has 0 radical (unpaired) electrons. The topological polar surface area (TPSA) is 18.5 Å². The SMILES string of the molecule is CC(C)CCCC(C)C1CCC2C3CC4C(F)(F)C45CC4(CCC5(C)C3CCC12C)OCCO4. The van der Waals surface area contributed by atoms with Gasteiger partial charge in [-0.3, -0.25) is 0 Å². The van der Waals surface area contributed by atoms with Crippen molar-refractivity contribution in [3.63, 3.8) is 0 Å². The molecule has 0 amide bonds. The van der Waals surface area contributed by atoms with Crippen LogP contribution in [0.5, 0.6) is 0 Å². The van der Waals surface area contributed by atoms with Crippen LogP contribution < -0.4 is 0 Å². The Bertz CT molecular complexity index is 806. The fraction of sp³-hybridized carbons (Fsp3) is 1.00. The van der Waals surface area contributed by atoms with Gasteiger partial charge in [0.25, 0.3) is 5.92 Å². The lowest BCUT2D eigenvalue weighted by atomic mass is 9.43. The normalized spacial score (nSPS) is 51.0. The molecule has 0 aromatic rings. The Balaban J connectivity index is 1.25. The highest BCUT2D eigenvalue weighted by Crippen LogP contribution is 2.87. The number of hydrogen-bond donors (Lipinski definition) is 0. The summed E-state index contributed by atoms with van der Waals surface area (Å²) in [6, 6.07) is 0. The van der Waals surface area contributed by atoms with Crippen LogP contribution in [0.25, 0.3) is 0 Å². The predicted octanol–water partition coefficient (Wildman–Crippen LogP) is 8.10. The van der Waals surface area contributed by atoms with Crippen LogP contribution in [0, 0.1) is 57.7 Å². The van der Waals surface area contributed by atoms with Crippen molar-refractivity contribution in [2.24, 2.45) is 57.7 Å². The molecule has 6 fully saturated rings. The van der Waals surface area contributed by atoms with Gasteiger partial charge in [0.2, 0.25) is 0 Å². The lowest BCUT2D eigenvalue weighted by Gasteiger charge is -2.61. The summed E-state index contributed by atoms with van der Waals surface area (Å²) in [7, 11) is 0. The van der Waals surface area contributed by atoms with E-state index in [4.69, 9.17) is 9.47 Å². The second kappa shape index (κ2) is 7.65. The van der Waals surface area contributed by atoms with Crippen molar-refractivity contribution < 1.29 is 18.3 Å². The third-order valence-corrected chi connectivity index (χ3v) is 12.9. The first-order valence-electron chi connectivity index (χ1n) is 14.7. The summed E-state index contributed by atoms with van der Waals surface area (Å²) in [5.74, 6) is 0.167. The Morgan fingerprint density at radius 3 is 2.32 bits per heavy atom. The van der Waals surface area contributed by atoms with E-state index in [0.29, 0.717) is 42.8 Å². The highest BCUT2D eigenvalue weighted by Gasteiger charge is 2.91. The van der Waals surface area contributed by atoms with Gasteiger partial charge in [-0.05, 0) is 84.9 Å². The fourth-order valence-corrected chi connectivity index (χ4v) is 11.3. The zero-order valence-electron chi connectivity index (χ0n) is 22.3. The molecule has 2 nitrogen and oxygen atoms in total. The van der Waals surface area contributed by atoms with E-state index in [1.807, 2.05) is 0 Å². The fourth-order valence-electron chi connectivity index (χ4n) is 11.3. The highest BCUT2D eigenvalue weighted by atomic mass is 19.3. The number of fused-ring (bicyclic) bond motifs is 4. The molecule has 6 rings (SSSR count). The minimum atomic E-state index is -2.56. The van der Waals surface area contributed by atoms with E-state index in [1.54, 1.807) is 0 Å². The molecule has 0 aromatic carbocycles. The van der Waals surface area contributed by atoms with E-state index in [9.17, 15) is 0 Å². The van der Waals surface area contributed by atoms with Crippen LogP contribution >= 0.6 is 0 Å². The predicted molar refractivity (Wildman–Crippen MR) is 130 cm³/mol. The molecule has 1 saturated heterocycles. The van der Waals surface area contributed by atoms with E-state index in [1.165, 1.54) is 38.5 Å². The zero-order valence-corrected chi connectivity index (χ0v) is 22.3. The lowest BCUT2D eigenvalue weighted by molar-refractivity contribution is -0.246. The average molecular weight is 479 g/mol. The Kier molecular flexibility index (Phi) is 5.43. The molecule has 1 aliphatic heterocycles. The molecule has 6 aliphatic rings. The number of alkyl halides is 2. The van der Waals surface area contributed by atoms with Crippen LogP contribution in [0.1, 0.15) is 105 Å². The molecule has 9 unspecified atom stereocenters. The van der Waals surface area contributed by atoms with Crippen molar-refractivity contribution in [3.05, 3.63) is 0 Å². The van der Waals surface area contributed by atoms with Crippen LogP contribution in [0.4, 0.5) is 8.78 Å². The second-order valence-electron chi connectivity index (χ2n) is 14.5. The van der Waals surface area contributed by atoms with Crippen LogP contribution in [-0.4, -0.2) is 24.9 Å². The van der Waals surface area contributed by atoms with E-state index >= 15 is 8.78 Å². The lowest BCUT2D eigenvalue weighted by Crippen LogP contribution is -2.58. The maximum atomic E-state index is 15.9. The smallest absolute Gasteiger partial charge is 0.258 e. The van der Waals surface area contributed by atoms with Crippen molar-refractivity contribution in [3.8, 4) is 0 Å². The molecule has 1 heterocycles. The Labute approximate surface area is 206 Å². The molecule has 2 spiro atoms. The molecule has 0 bridgehead atoms. The van der Waals surface area contributed by atoms with Gasteiger partial charge in [-0.15, -0.1) is 0 Å². The minimum Gasteiger partial charge on any atom is -0.348 e. The maximum absolute atomic E-state index is 15.9. The average Bonchev–Trinajstić information content (AvgIpc) is 3.15. The van der Waals surface area contributed by atoms with Gasteiger partial charge < -0.3 is 9.47 Å². The third-order valence-electron chi connectivity index (χ3n) is 12.9. The van der Waals surface area contributed by atoms with Gasteiger partial charge in [-0.2, -0.15) is 0 Å². The van der Waals surface area contributed by atoms with Crippen molar-refractivity contribution in [1.82, 2.24) is 0 Å². The largest absolute Gasteiger partial charge is 0.348 e. The quantitative estimate of drug-likeness (QED) is 0.397. The van der Waals surface area contributed by atoms with Gasteiger partial charge in [0, 0.05) is 18.8 Å². The zero-order chi connectivity index (χ0) is 24.1. The first kappa shape index (κ1) is 24.1. The summed E-state index contributed by atoms with van der Waals surface area (Å²) in [6.07, 6.45) is 11.8. The minimum absolute atomic E-state index is 0.271. The molecule has 9 atom stereocenters. The molecule has 0 N–H and O–H groups in total. The molecule has 194 valence electrons. The number of hydrogen-bond acceptors (Lipinski definition) is 2. The Hall–Kier alpha value is -0.220. The molecule has 5 aliphatic carbocycles. The van der Waals surface area contributed by atoms with E-state index in [2.05, 4.69) is 34.6 Å². The molecular formula is C30H48F2O2. The van der Waals surface area contributed by atoms with Gasteiger partial charge in [0.1, 0.15) is 0 Å². The van der Waals surface area contributed by atoms with Gasteiger partial charge in [-0.25, -0.2) is 8.78 Å². The summed E-state index contributed by atoms with van der Waals surface area (Å²) in [4.78, 5) is 0. The van der Waals surface area contributed by atoms with Crippen molar-refractivity contribution in [1.29, 1.82) is 0 Å². The van der Waals surface area contributed by atoms with Crippen LogP contribution in [0.3, 0.4) is 0 Å². The number of ether oxygens (including phenoxy) is 2. The third kappa shape index (κ3) is 2.96. The standard InChI is InChI=1S/C30H48F2O2/c1-19(2)7-6-8-20(3)22-9-10-23-21-17-25-29(30(25,31)32)18-28(33-15-16-34-28)14-13-27(29,5)24(21)11-12-26(22,23)4/h19-25H,6-18H2,1-5H3. The first-order chi connectivity index (χ1) is 16.0. The molecular weight excluding hydrogens is 430 g/mol. The van der Waals surface area contributed by atoms with Crippen LogP contribution in [-0.2, 0) is 9.47 Å². The van der Waals surface area contributed by atoms with E-state index in [0.717, 1.165) is 43.4 Å². The van der Waals surface area contributed by atoms with E-state index in [-0.39, 0.29) is 5.41 Å². The summed E-state index contributed by atoms with van der Waals surface area (Å²) < 4.78 is 43.8. The molecule has 5 saturated carbocycles. The van der Waals surface area contributed by atoms with Gasteiger partial charge in [0.15, 0.2) is 5.79 Å². The molecule has 4 heteroatoms. The van der Waals surface area contributed by atoms with Gasteiger partial charge in [0.05, 0.1) is 18.6 Å². The highest BCUT2D eigenvalue weighted by molar-refractivity contribution is 5.32. The second-order valence-corrected chi connectivity index (χ2v) is 14.5. The van der Waals surface area contributed by atoms with Crippen molar-refractivity contribution >= 4 is 0 Å². The molecule has 0 aromatic heterocycles. The van der Waals surface area contributed by atoms with Crippen LogP contribution in [0.2, 0.25) is 0 Å². The van der Waals surface area contributed by atoms with Crippen LogP contribution in [0.15, 0.2) is 0 Å². The summed E-state index contributed by atoms with van der Waals surface area (Å²) >= 11 is 0. The Morgan fingerprint density at radius 1 is 0.882 bits per heavy atom. The first-order valence-corrected chi connectivity index (χ1v) is 14.7. The number of rotatable bonds is 5. The van der Waals surface area contributed by atoms with Crippen molar-refractivity contribution in [2.45, 2.75) is 117 Å². The maximum Gasteiger partial charge on any atom is 0.258 e. The monoisotopic (exact) mass is 478 g/mol. The summed E-state index contributed by atoms with van der Waals surface area (Å²) in [6.45, 7) is 13.1. The van der Waals surface area contributed by atoms with Gasteiger partial charge >= 0.3 is 0 Å². The van der Waals surface area contributed by atoms with Gasteiger partial charge in [-0.1, -0.05) is 53.9 Å².